The zero-order chi connectivity index (χ0) is 9.40. The lowest BCUT2D eigenvalue weighted by molar-refractivity contribution is 0.102. The van der Waals surface area contributed by atoms with E-state index in [-0.39, 0.29) is 11.7 Å². The largest absolute Gasteiger partial charge is 0.293 e. The average Bonchev–Trinajstić information content (AvgIpc) is 2.21. The Labute approximate surface area is 77.7 Å². The van der Waals surface area contributed by atoms with Gasteiger partial charge in [-0.25, -0.2) is 0 Å². The first-order valence-corrected chi connectivity index (χ1v) is 4.02. The Hall–Kier alpha value is -1.08. The van der Waals surface area contributed by atoms with Crippen molar-refractivity contribution in [2.45, 2.75) is 0 Å². The third kappa shape index (κ3) is 3.35. The third-order valence-electron chi connectivity index (χ3n) is 1.22. The van der Waals surface area contributed by atoms with E-state index in [1.807, 2.05) is 18.2 Å². The Morgan fingerprint density at radius 1 is 1.25 bits per heavy atom. The van der Waals surface area contributed by atoms with Crippen LogP contribution in [-0.4, -0.2) is 11.7 Å². The van der Waals surface area contributed by atoms with Crippen molar-refractivity contribution in [2.75, 3.05) is 5.88 Å². The number of carbonyl (C=O) groups is 1. The highest BCUT2D eigenvalue weighted by molar-refractivity contribution is 6.30. The summed E-state index contributed by atoms with van der Waals surface area (Å²) in [7, 11) is 0. The topological polar surface area (TPSA) is 17.1 Å². The summed E-state index contributed by atoms with van der Waals surface area (Å²) in [6.45, 7) is 6.00. The molecule has 1 nitrogen and oxygen atoms in total. The SMILES string of the molecule is C=C.O=C(CCl)c1ccccc1. The molecule has 0 atom stereocenters. The van der Waals surface area contributed by atoms with Crippen molar-refractivity contribution in [2.24, 2.45) is 0 Å². The van der Waals surface area contributed by atoms with E-state index in [1.165, 1.54) is 0 Å². The van der Waals surface area contributed by atoms with E-state index in [2.05, 4.69) is 13.2 Å². The lowest BCUT2D eigenvalue weighted by Crippen LogP contribution is -1.98. The maximum Gasteiger partial charge on any atom is 0.177 e. The fourth-order valence-corrected chi connectivity index (χ4v) is 0.856. The first-order chi connectivity index (χ1) is 5.84. The predicted molar refractivity (Wildman–Crippen MR) is 52.7 cm³/mol. The number of Topliss-reactive ketones (excluding diaryl/α,β-unsaturated/α-hetero) is 1. The highest BCUT2D eigenvalue weighted by Crippen LogP contribution is 2.00. The Morgan fingerprint density at radius 3 is 2.17 bits per heavy atom. The molecule has 1 rings (SSSR count). The third-order valence-corrected chi connectivity index (χ3v) is 1.46. The van der Waals surface area contributed by atoms with E-state index < -0.39 is 0 Å². The molecule has 1 aromatic carbocycles. The second-order valence-electron chi connectivity index (χ2n) is 1.92. The molecule has 1 aromatic rings. The molecule has 0 N–H and O–H groups in total. The molecule has 0 aliphatic heterocycles. The van der Waals surface area contributed by atoms with Crippen LogP contribution in [0.2, 0.25) is 0 Å². The molecule has 64 valence electrons. The van der Waals surface area contributed by atoms with Crippen molar-refractivity contribution in [3.63, 3.8) is 0 Å². The van der Waals surface area contributed by atoms with Gasteiger partial charge in [-0.3, -0.25) is 4.79 Å². The molecule has 0 spiro atoms. The molecule has 0 fully saturated rings. The van der Waals surface area contributed by atoms with E-state index in [0.29, 0.717) is 5.56 Å². The maximum atomic E-state index is 10.9. The standard InChI is InChI=1S/C8H7ClO.C2H4/c9-6-8(10)7-4-2-1-3-5-7;1-2/h1-5H,6H2;1-2H2. The van der Waals surface area contributed by atoms with Gasteiger partial charge in [0.1, 0.15) is 0 Å². The number of ketones is 1. The van der Waals surface area contributed by atoms with E-state index in [9.17, 15) is 4.79 Å². The monoisotopic (exact) mass is 182 g/mol. The number of hydrogen-bond donors (Lipinski definition) is 0. The second kappa shape index (κ2) is 6.62. The summed E-state index contributed by atoms with van der Waals surface area (Å²) in [6, 6.07) is 9.01. The van der Waals surface area contributed by atoms with Gasteiger partial charge in [-0.05, 0) is 0 Å². The molecule has 0 amide bonds. The van der Waals surface area contributed by atoms with Gasteiger partial charge in [0.15, 0.2) is 5.78 Å². The lowest BCUT2D eigenvalue weighted by atomic mass is 10.2. The zero-order valence-electron chi connectivity index (χ0n) is 6.79. The highest BCUT2D eigenvalue weighted by atomic mass is 35.5. The van der Waals surface area contributed by atoms with Gasteiger partial charge >= 0.3 is 0 Å². The minimum absolute atomic E-state index is 0.0257. The van der Waals surface area contributed by atoms with Gasteiger partial charge in [-0.2, -0.15) is 0 Å². The smallest absolute Gasteiger partial charge is 0.177 e. The molecule has 0 unspecified atom stereocenters. The van der Waals surface area contributed by atoms with Gasteiger partial charge in [0.2, 0.25) is 0 Å². The van der Waals surface area contributed by atoms with Gasteiger partial charge in [-0.15, -0.1) is 24.8 Å². The molecule has 0 aromatic heterocycles. The van der Waals surface area contributed by atoms with E-state index in [1.54, 1.807) is 12.1 Å². The first-order valence-electron chi connectivity index (χ1n) is 3.49. The van der Waals surface area contributed by atoms with Crippen LogP contribution in [0, 0.1) is 0 Å². The second-order valence-corrected chi connectivity index (χ2v) is 2.19. The number of benzene rings is 1. The van der Waals surface area contributed by atoms with Crippen molar-refractivity contribution in [1.29, 1.82) is 0 Å². The first kappa shape index (κ1) is 10.9. The molecule has 0 bridgehead atoms. The Balaban J connectivity index is 0.000000561. The van der Waals surface area contributed by atoms with Crippen LogP contribution in [0.1, 0.15) is 10.4 Å². The van der Waals surface area contributed by atoms with Crippen molar-refractivity contribution in [3.05, 3.63) is 49.1 Å². The number of halogens is 1. The van der Waals surface area contributed by atoms with Crippen LogP contribution in [0.15, 0.2) is 43.5 Å². The molecule has 0 radical (unpaired) electrons. The van der Waals surface area contributed by atoms with Crippen molar-refractivity contribution in [3.8, 4) is 0 Å². The highest BCUT2D eigenvalue weighted by Gasteiger charge is 1.99. The van der Waals surface area contributed by atoms with Crippen molar-refractivity contribution >= 4 is 17.4 Å². The molecule has 2 heteroatoms. The summed E-state index contributed by atoms with van der Waals surface area (Å²) in [6.07, 6.45) is 0. The van der Waals surface area contributed by atoms with Crippen LogP contribution in [0.4, 0.5) is 0 Å². The number of rotatable bonds is 2. The number of hydrogen-bond acceptors (Lipinski definition) is 1. The van der Waals surface area contributed by atoms with Gasteiger partial charge in [-0.1, -0.05) is 30.3 Å². The van der Waals surface area contributed by atoms with Gasteiger partial charge in [0, 0.05) is 5.56 Å². The molecule has 12 heavy (non-hydrogen) atoms. The van der Waals surface area contributed by atoms with Crippen molar-refractivity contribution in [1.82, 2.24) is 0 Å². The van der Waals surface area contributed by atoms with Crippen LogP contribution in [-0.2, 0) is 0 Å². The average molecular weight is 183 g/mol. The summed E-state index contributed by atoms with van der Waals surface area (Å²) in [5.41, 5.74) is 0.678. The Kier molecular flexibility index (Phi) is 6.02. The maximum absolute atomic E-state index is 10.9. The summed E-state index contributed by atoms with van der Waals surface area (Å²) in [4.78, 5) is 10.9. The number of alkyl halides is 1. The summed E-state index contributed by atoms with van der Waals surface area (Å²) in [5.74, 6) is 0.0339. The predicted octanol–water partition coefficient (Wildman–Crippen LogP) is 2.91. The van der Waals surface area contributed by atoms with E-state index in [4.69, 9.17) is 11.6 Å². The minimum atomic E-state index is -0.0257. The molecule has 0 saturated carbocycles. The van der Waals surface area contributed by atoms with Crippen molar-refractivity contribution < 1.29 is 4.79 Å². The summed E-state index contributed by atoms with van der Waals surface area (Å²) >= 11 is 5.34. The molecule has 0 aliphatic rings. The summed E-state index contributed by atoms with van der Waals surface area (Å²) in [5, 5.41) is 0. The van der Waals surface area contributed by atoms with Crippen LogP contribution >= 0.6 is 11.6 Å². The van der Waals surface area contributed by atoms with Crippen LogP contribution in [0.5, 0.6) is 0 Å². The Morgan fingerprint density at radius 2 is 1.75 bits per heavy atom. The van der Waals surface area contributed by atoms with Gasteiger partial charge in [0.05, 0.1) is 5.88 Å². The van der Waals surface area contributed by atoms with E-state index >= 15 is 0 Å². The summed E-state index contributed by atoms with van der Waals surface area (Å²) < 4.78 is 0. The Bertz CT molecular complexity index is 231. The zero-order valence-corrected chi connectivity index (χ0v) is 7.55. The molecular weight excluding hydrogens is 172 g/mol. The molecular formula is C10H11ClO. The molecule has 0 saturated heterocycles. The van der Waals surface area contributed by atoms with Crippen LogP contribution in [0.25, 0.3) is 0 Å². The van der Waals surface area contributed by atoms with Crippen LogP contribution < -0.4 is 0 Å². The number of carbonyl (C=O) groups excluding carboxylic acids is 1. The van der Waals surface area contributed by atoms with Crippen LogP contribution in [0.3, 0.4) is 0 Å². The normalized spacial score (nSPS) is 8.08. The van der Waals surface area contributed by atoms with Gasteiger partial charge < -0.3 is 0 Å². The van der Waals surface area contributed by atoms with E-state index in [0.717, 1.165) is 0 Å². The molecule has 0 heterocycles. The minimum Gasteiger partial charge on any atom is -0.293 e. The fourth-order valence-electron chi connectivity index (χ4n) is 0.701. The lowest BCUT2D eigenvalue weighted by Gasteiger charge is -1.92. The fraction of sp³-hybridized carbons (Fsp3) is 0.100. The quantitative estimate of drug-likeness (QED) is 0.391. The van der Waals surface area contributed by atoms with Gasteiger partial charge in [0.25, 0.3) is 0 Å². The molecule has 0 aliphatic carbocycles.